The van der Waals surface area contributed by atoms with Gasteiger partial charge < -0.3 is 15.4 Å². The SMILES string of the molecule is CCN(C(=O)Cc1ccc(OC)c(F)c1)c1c(N)n(Cc2ccccc2)c(=O)[nH]c1=O. The summed E-state index contributed by atoms with van der Waals surface area (Å²) in [5.41, 5.74) is 5.84. The Morgan fingerprint density at radius 2 is 1.87 bits per heavy atom. The number of hydrogen-bond donors (Lipinski definition) is 2. The van der Waals surface area contributed by atoms with Crippen LogP contribution in [0, 0.1) is 5.82 Å². The summed E-state index contributed by atoms with van der Waals surface area (Å²) in [6.07, 6.45) is -0.161. The summed E-state index contributed by atoms with van der Waals surface area (Å²) < 4.78 is 20.1. The molecule has 1 amide bonds. The molecular formula is C22H23FN4O4. The molecule has 0 fully saturated rings. The summed E-state index contributed by atoms with van der Waals surface area (Å²) in [5.74, 6) is -1.11. The van der Waals surface area contributed by atoms with E-state index in [4.69, 9.17) is 10.5 Å². The lowest BCUT2D eigenvalue weighted by molar-refractivity contribution is -0.117. The van der Waals surface area contributed by atoms with Crippen LogP contribution in [-0.2, 0) is 17.8 Å². The maximum atomic E-state index is 14.0. The average molecular weight is 426 g/mol. The second-order valence-electron chi connectivity index (χ2n) is 6.85. The van der Waals surface area contributed by atoms with Crippen LogP contribution in [0.25, 0.3) is 0 Å². The van der Waals surface area contributed by atoms with E-state index in [0.717, 1.165) is 5.56 Å². The van der Waals surface area contributed by atoms with Crippen LogP contribution in [0.3, 0.4) is 0 Å². The number of hydrogen-bond acceptors (Lipinski definition) is 5. The summed E-state index contributed by atoms with van der Waals surface area (Å²) in [4.78, 5) is 41.3. The number of carbonyl (C=O) groups excluding carboxylic acids is 1. The molecular weight excluding hydrogens is 403 g/mol. The third-order valence-electron chi connectivity index (χ3n) is 4.86. The summed E-state index contributed by atoms with van der Waals surface area (Å²) in [6, 6.07) is 13.3. The highest BCUT2D eigenvalue weighted by atomic mass is 19.1. The summed E-state index contributed by atoms with van der Waals surface area (Å²) >= 11 is 0. The fourth-order valence-corrected chi connectivity index (χ4v) is 3.31. The van der Waals surface area contributed by atoms with E-state index < -0.39 is 23.0 Å². The lowest BCUT2D eigenvalue weighted by Crippen LogP contribution is -2.41. The van der Waals surface area contributed by atoms with Crippen molar-refractivity contribution in [2.45, 2.75) is 19.9 Å². The number of anilines is 2. The molecule has 3 N–H and O–H groups in total. The smallest absolute Gasteiger partial charge is 0.330 e. The highest BCUT2D eigenvalue weighted by molar-refractivity contribution is 5.96. The summed E-state index contributed by atoms with van der Waals surface area (Å²) in [6.45, 7) is 1.94. The zero-order valence-corrected chi connectivity index (χ0v) is 17.2. The first-order valence-electron chi connectivity index (χ1n) is 9.65. The number of H-pyrrole nitrogens is 1. The Kier molecular flexibility index (Phi) is 6.54. The lowest BCUT2D eigenvalue weighted by Gasteiger charge is -2.23. The van der Waals surface area contributed by atoms with Gasteiger partial charge in [-0.25, -0.2) is 9.18 Å². The van der Waals surface area contributed by atoms with E-state index in [1.165, 1.54) is 28.7 Å². The molecule has 31 heavy (non-hydrogen) atoms. The zero-order valence-electron chi connectivity index (χ0n) is 17.2. The predicted octanol–water partition coefficient (Wildman–Crippen LogP) is 1.91. The molecule has 162 valence electrons. The maximum Gasteiger partial charge on any atom is 0.330 e. The monoisotopic (exact) mass is 426 g/mol. The van der Waals surface area contributed by atoms with Gasteiger partial charge in [-0.05, 0) is 30.2 Å². The van der Waals surface area contributed by atoms with Gasteiger partial charge in [0.2, 0.25) is 5.91 Å². The number of rotatable bonds is 7. The molecule has 1 heterocycles. The van der Waals surface area contributed by atoms with Gasteiger partial charge in [0.1, 0.15) is 5.82 Å². The topological polar surface area (TPSA) is 110 Å². The molecule has 0 bridgehead atoms. The highest BCUT2D eigenvalue weighted by Gasteiger charge is 2.23. The molecule has 0 radical (unpaired) electrons. The number of aromatic nitrogens is 2. The number of halogens is 1. The molecule has 0 saturated carbocycles. The van der Waals surface area contributed by atoms with Crippen LogP contribution in [0.1, 0.15) is 18.1 Å². The number of nitrogen functional groups attached to an aromatic ring is 1. The number of carbonyl (C=O) groups is 1. The van der Waals surface area contributed by atoms with Crippen LogP contribution >= 0.6 is 0 Å². The first-order valence-corrected chi connectivity index (χ1v) is 9.65. The number of nitrogens with one attached hydrogen (secondary N) is 1. The Hall–Kier alpha value is -3.88. The minimum atomic E-state index is -0.761. The summed E-state index contributed by atoms with van der Waals surface area (Å²) in [5, 5.41) is 0. The third-order valence-corrected chi connectivity index (χ3v) is 4.86. The molecule has 9 heteroatoms. The van der Waals surface area contributed by atoms with Gasteiger partial charge in [-0.15, -0.1) is 0 Å². The number of nitrogens with zero attached hydrogens (tertiary/aromatic N) is 2. The Bertz CT molecular complexity index is 1200. The van der Waals surface area contributed by atoms with E-state index >= 15 is 0 Å². The molecule has 3 aromatic rings. The first kappa shape index (κ1) is 21.8. The summed E-state index contributed by atoms with van der Waals surface area (Å²) in [7, 11) is 1.35. The van der Waals surface area contributed by atoms with Crippen molar-refractivity contribution >= 4 is 17.4 Å². The van der Waals surface area contributed by atoms with Gasteiger partial charge in [0.05, 0.1) is 20.1 Å². The molecule has 0 aliphatic rings. The Morgan fingerprint density at radius 1 is 1.16 bits per heavy atom. The quantitative estimate of drug-likeness (QED) is 0.600. The molecule has 8 nitrogen and oxygen atoms in total. The average Bonchev–Trinajstić information content (AvgIpc) is 2.75. The van der Waals surface area contributed by atoms with Crippen LogP contribution in [0.15, 0.2) is 58.1 Å². The van der Waals surface area contributed by atoms with Crippen molar-refractivity contribution in [1.29, 1.82) is 0 Å². The maximum absolute atomic E-state index is 14.0. The molecule has 0 aliphatic carbocycles. The molecule has 0 atom stereocenters. The largest absolute Gasteiger partial charge is 0.494 e. The van der Waals surface area contributed by atoms with E-state index in [9.17, 15) is 18.8 Å². The minimum Gasteiger partial charge on any atom is -0.494 e. The molecule has 3 rings (SSSR count). The Labute approximate surface area is 177 Å². The second-order valence-corrected chi connectivity index (χ2v) is 6.85. The highest BCUT2D eigenvalue weighted by Crippen LogP contribution is 2.21. The Balaban J connectivity index is 1.96. The van der Waals surface area contributed by atoms with Crippen LogP contribution in [0.4, 0.5) is 15.9 Å². The second kappa shape index (κ2) is 9.29. The molecule has 1 aromatic heterocycles. The van der Waals surface area contributed by atoms with Gasteiger partial charge in [-0.3, -0.25) is 19.1 Å². The van der Waals surface area contributed by atoms with Gasteiger partial charge >= 0.3 is 5.69 Å². The van der Waals surface area contributed by atoms with Crippen molar-refractivity contribution in [3.05, 3.63) is 86.3 Å². The molecule has 2 aromatic carbocycles. The van der Waals surface area contributed by atoms with Crippen molar-refractivity contribution in [3.8, 4) is 5.75 Å². The van der Waals surface area contributed by atoms with Crippen LogP contribution < -0.4 is 26.6 Å². The van der Waals surface area contributed by atoms with Crippen molar-refractivity contribution in [1.82, 2.24) is 9.55 Å². The van der Waals surface area contributed by atoms with Gasteiger partial charge in [-0.2, -0.15) is 0 Å². The van der Waals surface area contributed by atoms with Crippen molar-refractivity contribution < 1.29 is 13.9 Å². The van der Waals surface area contributed by atoms with Gasteiger partial charge in [0.15, 0.2) is 17.3 Å². The van der Waals surface area contributed by atoms with E-state index in [1.807, 2.05) is 30.3 Å². The van der Waals surface area contributed by atoms with Gasteiger partial charge in [0.25, 0.3) is 5.56 Å². The zero-order chi connectivity index (χ0) is 22.5. The number of likely N-dealkylation sites (N-methyl/N-ethyl adjacent to an activating group) is 1. The van der Waals surface area contributed by atoms with Gasteiger partial charge in [0, 0.05) is 6.54 Å². The number of aromatic amines is 1. The number of ether oxygens (including phenoxy) is 1. The van der Waals surface area contributed by atoms with E-state index in [2.05, 4.69) is 4.98 Å². The van der Waals surface area contributed by atoms with Crippen LogP contribution in [0.5, 0.6) is 5.75 Å². The first-order chi connectivity index (χ1) is 14.8. The van der Waals surface area contributed by atoms with E-state index in [0.29, 0.717) is 5.56 Å². The molecule has 0 spiro atoms. The normalized spacial score (nSPS) is 10.7. The Morgan fingerprint density at radius 3 is 2.48 bits per heavy atom. The number of benzene rings is 2. The fourth-order valence-electron chi connectivity index (χ4n) is 3.31. The van der Waals surface area contributed by atoms with Crippen molar-refractivity contribution in [3.63, 3.8) is 0 Å². The van der Waals surface area contributed by atoms with Crippen molar-refractivity contribution in [2.24, 2.45) is 0 Å². The van der Waals surface area contributed by atoms with E-state index in [-0.39, 0.29) is 36.8 Å². The fraction of sp³-hybridized carbons (Fsp3) is 0.227. The molecule has 0 saturated heterocycles. The number of methoxy groups -OCH3 is 1. The lowest BCUT2D eigenvalue weighted by atomic mass is 10.1. The van der Waals surface area contributed by atoms with Crippen LogP contribution in [0.2, 0.25) is 0 Å². The minimum absolute atomic E-state index is 0.0669. The third kappa shape index (κ3) is 4.66. The van der Waals surface area contributed by atoms with Crippen molar-refractivity contribution in [2.75, 3.05) is 24.3 Å². The van der Waals surface area contributed by atoms with Crippen LogP contribution in [-0.4, -0.2) is 29.1 Å². The molecule has 0 aliphatic heterocycles. The molecule has 0 unspecified atom stereocenters. The van der Waals surface area contributed by atoms with Gasteiger partial charge in [-0.1, -0.05) is 36.4 Å². The van der Waals surface area contributed by atoms with E-state index in [1.54, 1.807) is 13.0 Å². The predicted molar refractivity (Wildman–Crippen MR) is 116 cm³/mol. The number of amides is 1. The number of nitrogens with two attached hydrogens (primary N) is 1. The standard InChI is InChI=1S/C22H23FN4O4/c1-3-26(18(28)12-15-9-10-17(31-2)16(23)11-15)19-20(24)27(22(30)25-21(19)29)13-14-7-5-4-6-8-14/h4-11H,3,12-13,24H2,1-2H3,(H,25,29,30).